The molecule has 0 aliphatic carbocycles. The average molecular weight is 198 g/mol. The Kier molecular flexibility index (Phi) is 6.48. The van der Waals surface area contributed by atoms with E-state index in [-0.39, 0.29) is 0 Å². The van der Waals surface area contributed by atoms with Gasteiger partial charge in [-0.2, -0.15) is 0 Å². The third-order valence-electron chi connectivity index (χ3n) is 4.22. The second-order valence-corrected chi connectivity index (χ2v) is 5.45. The minimum absolute atomic E-state index is 0.828. The summed E-state index contributed by atoms with van der Waals surface area (Å²) in [7, 11) is 0. The standard InChI is InChI=1S/C14H30/c1-8-11(5)13(7)14(10(3)4)12(6)9-2/h10-14H,8-9H2,1-7H3. The lowest BCUT2D eigenvalue weighted by molar-refractivity contribution is 0.136. The van der Waals surface area contributed by atoms with Crippen LogP contribution in [0.5, 0.6) is 0 Å². The third-order valence-corrected chi connectivity index (χ3v) is 4.22. The normalized spacial score (nSPS) is 20.6. The van der Waals surface area contributed by atoms with E-state index in [0.717, 1.165) is 29.6 Å². The Morgan fingerprint density at radius 1 is 0.714 bits per heavy atom. The van der Waals surface area contributed by atoms with Crippen LogP contribution >= 0.6 is 0 Å². The van der Waals surface area contributed by atoms with Crippen molar-refractivity contribution in [1.82, 2.24) is 0 Å². The van der Waals surface area contributed by atoms with Crippen LogP contribution in [-0.2, 0) is 0 Å². The Bertz CT molecular complexity index is 137. The van der Waals surface area contributed by atoms with Crippen molar-refractivity contribution in [1.29, 1.82) is 0 Å². The van der Waals surface area contributed by atoms with E-state index >= 15 is 0 Å². The van der Waals surface area contributed by atoms with E-state index in [1.165, 1.54) is 12.8 Å². The largest absolute Gasteiger partial charge is 0.0651 e. The quantitative estimate of drug-likeness (QED) is 0.564. The van der Waals surface area contributed by atoms with Crippen molar-refractivity contribution in [2.75, 3.05) is 0 Å². The molecule has 0 radical (unpaired) electrons. The highest BCUT2D eigenvalue weighted by Crippen LogP contribution is 2.35. The molecule has 0 fully saturated rings. The van der Waals surface area contributed by atoms with E-state index in [1.807, 2.05) is 0 Å². The van der Waals surface area contributed by atoms with Crippen LogP contribution in [0.15, 0.2) is 0 Å². The predicted octanol–water partition coefficient (Wildman–Crippen LogP) is 4.99. The second kappa shape index (κ2) is 6.48. The van der Waals surface area contributed by atoms with Crippen LogP contribution in [0.1, 0.15) is 61.3 Å². The molecule has 4 atom stereocenters. The van der Waals surface area contributed by atoms with Crippen molar-refractivity contribution in [3.05, 3.63) is 0 Å². The highest BCUT2D eigenvalue weighted by atomic mass is 14.3. The molecule has 0 heteroatoms. The highest BCUT2D eigenvalue weighted by molar-refractivity contribution is 4.77. The van der Waals surface area contributed by atoms with Crippen LogP contribution in [0.25, 0.3) is 0 Å². The first-order valence-electron chi connectivity index (χ1n) is 6.45. The minimum Gasteiger partial charge on any atom is -0.0651 e. The molecule has 0 N–H and O–H groups in total. The van der Waals surface area contributed by atoms with Gasteiger partial charge < -0.3 is 0 Å². The van der Waals surface area contributed by atoms with Crippen LogP contribution < -0.4 is 0 Å². The molecule has 0 heterocycles. The molecule has 86 valence electrons. The minimum atomic E-state index is 0.828. The molecule has 0 bridgehead atoms. The summed E-state index contributed by atoms with van der Waals surface area (Å²) in [6, 6.07) is 0. The van der Waals surface area contributed by atoms with Gasteiger partial charge in [0.2, 0.25) is 0 Å². The van der Waals surface area contributed by atoms with Gasteiger partial charge in [0.15, 0.2) is 0 Å². The van der Waals surface area contributed by atoms with E-state index in [0.29, 0.717) is 0 Å². The van der Waals surface area contributed by atoms with Gasteiger partial charge in [0.05, 0.1) is 0 Å². The van der Waals surface area contributed by atoms with Gasteiger partial charge in [0.1, 0.15) is 0 Å². The Morgan fingerprint density at radius 3 is 1.43 bits per heavy atom. The lowest BCUT2D eigenvalue weighted by atomic mass is 9.70. The van der Waals surface area contributed by atoms with Crippen LogP contribution in [0.4, 0.5) is 0 Å². The maximum Gasteiger partial charge on any atom is -0.0337 e. The smallest absolute Gasteiger partial charge is 0.0337 e. The Morgan fingerprint density at radius 2 is 1.14 bits per heavy atom. The summed E-state index contributed by atoms with van der Waals surface area (Å²) in [5.74, 6) is 4.34. The van der Waals surface area contributed by atoms with Gasteiger partial charge in [-0.15, -0.1) is 0 Å². The van der Waals surface area contributed by atoms with Crippen LogP contribution in [0.2, 0.25) is 0 Å². The number of hydrogen-bond acceptors (Lipinski definition) is 0. The molecule has 0 spiro atoms. The molecule has 0 amide bonds. The molecule has 0 nitrogen and oxygen atoms in total. The SMILES string of the molecule is CCC(C)C(C)C(C(C)C)C(C)CC. The van der Waals surface area contributed by atoms with E-state index in [1.54, 1.807) is 0 Å². The zero-order valence-corrected chi connectivity index (χ0v) is 11.3. The van der Waals surface area contributed by atoms with Crippen LogP contribution in [-0.4, -0.2) is 0 Å². The summed E-state index contributed by atoms with van der Waals surface area (Å²) in [4.78, 5) is 0. The van der Waals surface area contributed by atoms with Crippen molar-refractivity contribution in [2.45, 2.75) is 61.3 Å². The summed E-state index contributed by atoms with van der Waals surface area (Å²) in [6.45, 7) is 16.7. The topological polar surface area (TPSA) is 0 Å². The third kappa shape index (κ3) is 3.63. The lowest BCUT2D eigenvalue weighted by Crippen LogP contribution is -2.28. The first-order valence-corrected chi connectivity index (χ1v) is 6.45. The highest BCUT2D eigenvalue weighted by Gasteiger charge is 2.28. The average Bonchev–Trinajstić information content (AvgIpc) is 2.15. The van der Waals surface area contributed by atoms with E-state index in [4.69, 9.17) is 0 Å². The molecule has 14 heavy (non-hydrogen) atoms. The van der Waals surface area contributed by atoms with Crippen molar-refractivity contribution in [2.24, 2.45) is 29.6 Å². The van der Waals surface area contributed by atoms with Gasteiger partial charge in [-0.1, -0.05) is 61.3 Å². The number of rotatable bonds is 6. The zero-order valence-electron chi connectivity index (χ0n) is 11.3. The van der Waals surface area contributed by atoms with E-state index in [9.17, 15) is 0 Å². The van der Waals surface area contributed by atoms with Gasteiger partial charge in [-0.05, 0) is 29.6 Å². The van der Waals surface area contributed by atoms with E-state index < -0.39 is 0 Å². The second-order valence-electron chi connectivity index (χ2n) is 5.45. The predicted molar refractivity (Wildman–Crippen MR) is 66.4 cm³/mol. The summed E-state index contributed by atoms with van der Waals surface area (Å²) >= 11 is 0. The van der Waals surface area contributed by atoms with Crippen LogP contribution in [0, 0.1) is 29.6 Å². The molecule has 0 aromatic heterocycles. The van der Waals surface area contributed by atoms with Gasteiger partial charge in [-0.3, -0.25) is 0 Å². The Balaban J connectivity index is 4.48. The lowest BCUT2D eigenvalue weighted by Gasteiger charge is -2.35. The molecule has 0 aliphatic rings. The summed E-state index contributed by atoms with van der Waals surface area (Å²) < 4.78 is 0. The summed E-state index contributed by atoms with van der Waals surface area (Å²) in [5, 5.41) is 0. The first-order chi connectivity index (χ1) is 6.45. The monoisotopic (exact) mass is 198 g/mol. The first kappa shape index (κ1) is 14.0. The molecule has 0 aromatic carbocycles. The van der Waals surface area contributed by atoms with Gasteiger partial charge in [0.25, 0.3) is 0 Å². The fourth-order valence-corrected chi connectivity index (χ4v) is 2.81. The summed E-state index contributed by atoms with van der Waals surface area (Å²) in [5.41, 5.74) is 0. The van der Waals surface area contributed by atoms with Gasteiger partial charge >= 0.3 is 0 Å². The van der Waals surface area contributed by atoms with Crippen LogP contribution in [0.3, 0.4) is 0 Å². The Hall–Kier alpha value is 0. The van der Waals surface area contributed by atoms with Crippen molar-refractivity contribution in [3.63, 3.8) is 0 Å². The molecular weight excluding hydrogens is 168 g/mol. The summed E-state index contributed by atoms with van der Waals surface area (Å²) in [6.07, 6.45) is 2.64. The molecule has 4 unspecified atom stereocenters. The fourth-order valence-electron chi connectivity index (χ4n) is 2.81. The Labute approximate surface area is 91.5 Å². The van der Waals surface area contributed by atoms with Gasteiger partial charge in [-0.25, -0.2) is 0 Å². The van der Waals surface area contributed by atoms with E-state index in [2.05, 4.69) is 48.5 Å². The van der Waals surface area contributed by atoms with Crippen molar-refractivity contribution < 1.29 is 0 Å². The molecule has 0 rings (SSSR count). The van der Waals surface area contributed by atoms with Crippen molar-refractivity contribution >= 4 is 0 Å². The van der Waals surface area contributed by atoms with Gasteiger partial charge in [0, 0.05) is 0 Å². The zero-order chi connectivity index (χ0) is 11.3. The van der Waals surface area contributed by atoms with Crippen molar-refractivity contribution in [3.8, 4) is 0 Å². The molecule has 0 saturated heterocycles. The maximum atomic E-state index is 2.45. The molecule has 0 aromatic rings. The number of hydrogen-bond donors (Lipinski definition) is 0. The maximum absolute atomic E-state index is 2.45. The molecular formula is C14H30. The fraction of sp³-hybridized carbons (Fsp3) is 1.00. The molecule has 0 saturated carbocycles. The molecule has 0 aliphatic heterocycles.